The van der Waals surface area contributed by atoms with Gasteiger partial charge in [-0.05, 0) is 0 Å². The van der Waals surface area contributed by atoms with Gasteiger partial charge in [0.2, 0.25) is 9.81 Å². The smallest absolute Gasteiger partial charge is 0.444 e. The zero-order valence-electron chi connectivity index (χ0n) is 2.53. The summed E-state index contributed by atoms with van der Waals surface area (Å²) in [6.45, 7) is 0. The zero-order valence-corrected chi connectivity index (χ0v) is 2.53. The second-order valence-corrected chi connectivity index (χ2v) is 0.149. The molecule has 0 heterocycles. The van der Waals surface area contributed by atoms with Crippen LogP contribution in [0.2, 0.25) is 0 Å². The quantitative estimate of drug-likeness (QED) is 0.235. The van der Waals surface area contributed by atoms with E-state index in [1.54, 1.807) is 0 Å². The standard InChI is InChI=1S/HNO2.NO2/c2*2-1-3/h(H,2,3);/q;+1/p-1. The van der Waals surface area contributed by atoms with Gasteiger partial charge in [-0.15, -0.1) is 5.34 Å². The van der Waals surface area contributed by atoms with Crippen LogP contribution in [0.4, 0.5) is 0 Å². The van der Waals surface area contributed by atoms with E-state index in [0.29, 0.717) is 0 Å². The summed E-state index contributed by atoms with van der Waals surface area (Å²) in [7, 11) is 0. The van der Waals surface area contributed by atoms with Gasteiger partial charge in [-0.2, -0.15) is 0 Å². The molecule has 0 rings (SSSR count). The predicted octanol–water partition coefficient (Wildman–Crippen LogP) is -0.163. The summed E-state index contributed by atoms with van der Waals surface area (Å²) in [5, 5.41) is 10.0. The monoisotopic (exact) mass is 92.0 g/mol. The lowest BCUT2D eigenvalue weighted by atomic mass is 13.4. The van der Waals surface area contributed by atoms with Crippen molar-refractivity contribution in [3.05, 3.63) is 19.9 Å². The van der Waals surface area contributed by atoms with Crippen LogP contribution in [0, 0.1) is 19.9 Å². The van der Waals surface area contributed by atoms with Gasteiger partial charge in [0, 0.05) is 0 Å². The Hall–Kier alpha value is -1.29. The van der Waals surface area contributed by atoms with Crippen LogP contribution in [0.25, 0.3) is 0 Å². The van der Waals surface area contributed by atoms with Gasteiger partial charge in [-0.25, -0.2) is 0 Å². The maximum Gasteiger partial charge on any atom is 0.569 e. The molecular weight excluding hydrogens is 92.0 g/mol. The number of rotatable bonds is 0. The van der Waals surface area contributed by atoms with Crippen LogP contribution in [0.15, 0.2) is 5.34 Å². The number of hydrogen-bond acceptors (Lipinski definition) is 5. The first-order valence-corrected chi connectivity index (χ1v) is 0.730. The maximum atomic E-state index is 8.00. The Labute approximate surface area is 31.7 Å². The van der Waals surface area contributed by atoms with Gasteiger partial charge in [-0.1, -0.05) is 0 Å². The third-order valence-corrected chi connectivity index (χ3v) is 0. The SMILES string of the molecule is O=N[O-].O=[N+]=O. The maximum absolute atomic E-state index is 8.00. The second kappa shape index (κ2) is 54.1. The van der Waals surface area contributed by atoms with Crippen molar-refractivity contribution < 1.29 is 0 Å². The Balaban J connectivity index is 0. The van der Waals surface area contributed by atoms with Crippen LogP contribution in [0.3, 0.4) is 0 Å². The highest BCUT2D eigenvalue weighted by Gasteiger charge is 1.41. The van der Waals surface area contributed by atoms with Crippen molar-refractivity contribution in [3.8, 4) is 0 Å². The molecule has 0 fully saturated rings. The predicted molar refractivity (Wildman–Crippen MR) is 18.0 cm³/mol. The minimum absolute atomic E-state index is 1.00. The molecule has 6 nitrogen and oxygen atoms in total. The topological polar surface area (TPSA) is 101 Å². The van der Waals surface area contributed by atoms with E-state index in [4.69, 9.17) is 19.9 Å². The Morgan fingerprint density at radius 2 is 1.50 bits per heavy atom. The van der Waals surface area contributed by atoms with Crippen LogP contribution in [-0.2, 0) is 0 Å². The Bertz CT molecular complexity index is 50.6. The molecule has 0 aliphatic rings. The van der Waals surface area contributed by atoms with Gasteiger partial charge in [0.05, 0.1) is 0 Å². The van der Waals surface area contributed by atoms with Crippen molar-refractivity contribution in [2.75, 3.05) is 0 Å². The molecule has 0 aliphatic carbocycles. The summed E-state index contributed by atoms with van der Waals surface area (Å²) in [4.78, 5) is 24.0. The zero-order chi connectivity index (χ0) is 5.41. The molecule has 0 unspecified atom stereocenters. The van der Waals surface area contributed by atoms with E-state index in [2.05, 4.69) is 0 Å². The molecule has 0 radical (unpaired) electrons. The fraction of sp³-hybridized carbons (Fsp3) is 0. The van der Waals surface area contributed by atoms with Crippen molar-refractivity contribution in [1.29, 1.82) is 0 Å². The highest BCUT2D eigenvalue weighted by Crippen LogP contribution is 1.34. The van der Waals surface area contributed by atoms with Crippen LogP contribution >= 0.6 is 0 Å². The van der Waals surface area contributed by atoms with E-state index in [1.165, 1.54) is 0 Å². The third-order valence-electron chi connectivity index (χ3n) is 0. The summed E-state index contributed by atoms with van der Waals surface area (Å²) in [5.41, 5.74) is 0. The van der Waals surface area contributed by atoms with Crippen molar-refractivity contribution in [2.24, 2.45) is 5.34 Å². The molecule has 34 valence electrons. The number of hydrogen-bond donors (Lipinski definition) is 0. The van der Waals surface area contributed by atoms with E-state index in [1.807, 2.05) is 0 Å². The molecule has 0 aliphatic heterocycles. The van der Waals surface area contributed by atoms with Gasteiger partial charge >= 0.3 is 5.04 Å². The molecule has 0 aromatic rings. The normalized spacial score (nSPS) is 3.33. The summed E-state index contributed by atoms with van der Waals surface area (Å²) < 4.78 is 0. The van der Waals surface area contributed by atoms with Gasteiger partial charge in [0.25, 0.3) is 0 Å². The van der Waals surface area contributed by atoms with Gasteiger partial charge in [-0.3, -0.25) is 0 Å². The first kappa shape index (κ1) is 8.83. The van der Waals surface area contributed by atoms with E-state index < -0.39 is 0 Å². The van der Waals surface area contributed by atoms with Gasteiger partial charge in [0.15, 0.2) is 0 Å². The van der Waals surface area contributed by atoms with Gasteiger partial charge in [0.1, 0.15) is 0 Å². The highest BCUT2D eigenvalue weighted by atomic mass is 16.6. The number of nitroso groups, excluding NO2 is 2. The minimum Gasteiger partial charge on any atom is -0.444 e. The number of nitrogens with zero attached hydrogens (tertiary/aromatic N) is 2. The molecule has 0 saturated carbocycles. The molecule has 0 bridgehead atoms. The van der Waals surface area contributed by atoms with E-state index >= 15 is 0 Å². The van der Waals surface area contributed by atoms with Crippen LogP contribution < -0.4 is 5.04 Å². The lowest BCUT2D eigenvalue weighted by Crippen LogP contribution is -1.26. The molecule has 0 N–H and O–H groups in total. The molecular formula is N2O4. The van der Waals surface area contributed by atoms with Crippen molar-refractivity contribution >= 4 is 0 Å². The molecule has 0 aromatic heterocycles. The van der Waals surface area contributed by atoms with Crippen molar-refractivity contribution in [1.82, 2.24) is 5.04 Å². The molecule has 0 atom stereocenters. The summed E-state index contributed by atoms with van der Waals surface area (Å²) >= 11 is 0. The fourth-order valence-corrected chi connectivity index (χ4v) is 0. The summed E-state index contributed by atoms with van der Waals surface area (Å²) in [5.74, 6) is 0. The fourth-order valence-electron chi connectivity index (χ4n) is 0. The van der Waals surface area contributed by atoms with E-state index in [9.17, 15) is 0 Å². The average molecular weight is 92.0 g/mol. The highest BCUT2D eigenvalue weighted by molar-refractivity contribution is 4.21. The summed E-state index contributed by atoms with van der Waals surface area (Å²) in [6, 6.07) is 0. The van der Waals surface area contributed by atoms with E-state index in [-0.39, 0.29) is 0 Å². The molecule has 0 spiro atoms. The van der Waals surface area contributed by atoms with Crippen LogP contribution in [0.5, 0.6) is 0 Å². The van der Waals surface area contributed by atoms with Crippen molar-refractivity contribution in [2.45, 2.75) is 0 Å². The summed E-state index contributed by atoms with van der Waals surface area (Å²) in [6.07, 6.45) is 0. The molecule has 6 heteroatoms. The molecule has 0 aromatic carbocycles. The van der Waals surface area contributed by atoms with Crippen LogP contribution in [-0.4, -0.2) is 0 Å². The third kappa shape index (κ3) is 4.76. The largest absolute Gasteiger partial charge is 0.569 e. The first-order valence-electron chi connectivity index (χ1n) is 0.730. The molecule has 0 saturated heterocycles. The lowest BCUT2D eigenvalue weighted by molar-refractivity contribution is 1.58. The molecule has 6 heavy (non-hydrogen) atoms. The van der Waals surface area contributed by atoms with Crippen LogP contribution in [0.1, 0.15) is 0 Å². The lowest BCUT2D eigenvalue weighted by Gasteiger charge is -1.51. The Morgan fingerprint density at radius 1 is 1.50 bits per heavy atom. The first-order chi connectivity index (χ1) is 2.83. The Kier molecular flexibility index (Phi) is 79.5. The molecule has 0 amide bonds. The average Bonchev–Trinajstić information content (AvgIpc) is 1.39. The van der Waals surface area contributed by atoms with Crippen molar-refractivity contribution in [3.63, 3.8) is 0 Å². The second-order valence-electron chi connectivity index (χ2n) is 0.149. The van der Waals surface area contributed by atoms with Gasteiger partial charge < -0.3 is 10.1 Å². The Morgan fingerprint density at radius 3 is 1.50 bits per heavy atom. The minimum atomic E-state index is 1.00. The van der Waals surface area contributed by atoms with E-state index in [0.717, 1.165) is 10.4 Å².